The molecule has 1 atom stereocenters. The van der Waals surface area contributed by atoms with Crippen LogP contribution in [0.3, 0.4) is 0 Å². The SMILES string of the molecule is CCCC(=O)N1N=C(c2ccc(NS(C)(=O)=O)cc2)C[C@@H]1c1c(F)cccc1Cl. The molecule has 29 heavy (non-hydrogen) atoms. The molecule has 0 spiro atoms. The molecule has 3 rings (SSSR count). The molecular formula is C20H21ClFN3O3S. The molecule has 2 aromatic rings. The third-order valence-corrected chi connectivity index (χ3v) is 5.42. The zero-order valence-electron chi connectivity index (χ0n) is 16.0. The Hall–Kier alpha value is -2.45. The lowest BCUT2D eigenvalue weighted by atomic mass is 9.97. The van der Waals surface area contributed by atoms with Crippen LogP contribution >= 0.6 is 11.6 Å². The number of carbonyl (C=O) groups excluding carboxylic acids is 1. The molecule has 0 aromatic heterocycles. The highest BCUT2D eigenvalue weighted by molar-refractivity contribution is 7.92. The van der Waals surface area contributed by atoms with Gasteiger partial charge in [-0.05, 0) is 36.2 Å². The van der Waals surface area contributed by atoms with Gasteiger partial charge in [0.15, 0.2) is 0 Å². The van der Waals surface area contributed by atoms with Gasteiger partial charge in [0.1, 0.15) is 5.82 Å². The van der Waals surface area contributed by atoms with Crippen LogP contribution in [-0.4, -0.2) is 31.3 Å². The van der Waals surface area contributed by atoms with Crippen molar-refractivity contribution in [3.8, 4) is 0 Å². The van der Waals surface area contributed by atoms with Crippen molar-refractivity contribution in [3.63, 3.8) is 0 Å². The van der Waals surface area contributed by atoms with Gasteiger partial charge in [0.2, 0.25) is 15.9 Å². The maximum absolute atomic E-state index is 14.5. The van der Waals surface area contributed by atoms with Gasteiger partial charge in [-0.3, -0.25) is 9.52 Å². The van der Waals surface area contributed by atoms with E-state index >= 15 is 0 Å². The lowest BCUT2D eigenvalue weighted by Gasteiger charge is -2.23. The highest BCUT2D eigenvalue weighted by atomic mass is 35.5. The van der Waals surface area contributed by atoms with Crippen LogP contribution in [-0.2, 0) is 14.8 Å². The van der Waals surface area contributed by atoms with E-state index in [1.54, 1.807) is 30.3 Å². The van der Waals surface area contributed by atoms with Crippen molar-refractivity contribution in [1.82, 2.24) is 5.01 Å². The normalized spacial score (nSPS) is 16.6. The van der Waals surface area contributed by atoms with E-state index in [0.29, 0.717) is 29.8 Å². The van der Waals surface area contributed by atoms with Gasteiger partial charge >= 0.3 is 0 Å². The second-order valence-corrected chi connectivity index (χ2v) is 9.00. The first-order valence-corrected chi connectivity index (χ1v) is 11.4. The summed E-state index contributed by atoms with van der Waals surface area (Å²) in [5, 5.41) is 6.01. The second kappa shape index (κ2) is 8.51. The molecule has 0 radical (unpaired) electrons. The molecular weight excluding hydrogens is 417 g/mol. The van der Waals surface area contributed by atoms with E-state index < -0.39 is 21.9 Å². The third kappa shape index (κ3) is 4.94. The standard InChI is InChI=1S/C20H21ClFN3O3S/c1-3-5-19(26)25-18(20-15(21)6-4-7-16(20)22)12-17(23-25)13-8-10-14(11-9-13)24-29(2,27)28/h4,6-11,18,24H,3,5,12H2,1-2H3/t18-/m1/s1. The molecule has 0 bridgehead atoms. The molecule has 0 fully saturated rings. The Kier molecular flexibility index (Phi) is 6.24. The Labute approximate surface area is 174 Å². The highest BCUT2D eigenvalue weighted by Gasteiger charge is 2.35. The first-order chi connectivity index (χ1) is 13.7. The van der Waals surface area contributed by atoms with Gasteiger partial charge in [0.05, 0.1) is 18.0 Å². The van der Waals surface area contributed by atoms with Crippen molar-refractivity contribution < 1.29 is 17.6 Å². The van der Waals surface area contributed by atoms with Crippen molar-refractivity contribution >= 4 is 38.9 Å². The lowest BCUT2D eigenvalue weighted by Crippen LogP contribution is -2.27. The summed E-state index contributed by atoms with van der Waals surface area (Å²) in [5.41, 5.74) is 1.98. The Morgan fingerprint density at radius 1 is 1.28 bits per heavy atom. The Morgan fingerprint density at radius 3 is 2.55 bits per heavy atom. The van der Waals surface area contributed by atoms with Crippen LogP contribution in [0.15, 0.2) is 47.6 Å². The fraction of sp³-hybridized carbons (Fsp3) is 0.300. The van der Waals surface area contributed by atoms with E-state index in [9.17, 15) is 17.6 Å². The van der Waals surface area contributed by atoms with Gasteiger partial charge in [-0.2, -0.15) is 5.10 Å². The topological polar surface area (TPSA) is 78.8 Å². The van der Waals surface area contributed by atoms with Gasteiger partial charge in [-0.1, -0.05) is 36.7 Å². The van der Waals surface area contributed by atoms with Crippen LogP contribution in [0.4, 0.5) is 10.1 Å². The molecule has 0 unspecified atom stereocenters. The molecule has 1 amide bonds. The summed E-state index contributed by atoms with van der Waals surface area (Å²) in [6, 6.07) is 10.4. The van der Waals surface area contributed by atoms with E-state index in [0.717, 1.165) is 6.26 Å². The predicted octanol–water partition coefficient (Wildman–Crippen LogP) is 4.33. The molecule has 9 heteroatoms. The Bertz CT molecular complexity index is 1030. The molecule has 1 aliphatic rings. The molecule has 6 nitrogen and oxygen atoms in total. The van der Waals surface area contributed by atoms with Crippen molar-refractivity contribution in [3.05, 3.63) is 64.4 Å². The van der Waals surface area contributed by atoms with E-state index in [2.05, 4.69) is 9.82 Å². The van der Waals surface area contributed by atoms with Gasteiger partial charge in [-0.15, -0.1) is 0 Å². The number of nitrogens with zero attached hydrogens (tertiary/aromatic N) is 2. The minimum atomic E-state index is -3.38. The number of anilines is 1. The van der Waals surface area contributed by atoms with Gasteiger partial charge in [0.25, 0.3) is 0 Å². The molecule has 154 valence electrons. The summed E-state index contributed by atoms with van der Waals surface area (Å²) in [5.74, 6) is -0.692. The second-order valence-electron chi connectivity index (χ2n) is 6.84. The number of sulfonamides is 1. The largest absolute Gasteiger partial charge is 0.284 e. The fourth-order valence-corrected chi connectivity index (χ4v) is 4.10. The minimum Gasteiger partial charge on any atom is -0.284 e. The van der Waals surface area contributed by atoms with Crippen molar-refractivity contribution in [2.75, 3.05) is 11.0 Å². The van der Waals surface area contributed by atoms with Crippen LogP contribution in [0.5, 0.6) is 0 Å². The summed E-state index contributed by atoms with van der Waals surface area (Å²) in [6.07, 6.45) is 2.30. The number of hydrogen-bond acceptors (Lipinski definition) is 4. The van der Waals surface area contributed by atoms with Gasteiger partial charge in [0, 0.05) is 29.1 Å². The summed E-state index contributed by atoms with van der Waals surface area (Å²) in [6.45, 7) is 1.89. The number of rotatable bonds is 6. The van der Waals surface area contributed by atoms with Crippen LogP contribution in [0.1, 0.15) is 43.4 Å². The number of nitrogens with one attached hydrogen (secondary N) is 1. The third-order valence-electron chi connectivity index (χ3n) is 4.48. The first kappa shape index (κ1) is 21.3. The number of amides is 1. The summed E-state index contributed by atoms with van der Waals surface area (Å²) < 4.78 is 39.6. The summed E-state index contributed by atoms with van der Waals surface area (Å²) in [4.78, 5) is 12.6. The summed E-state index contributed by atoms with van der Waals surface area (Å²) >= 11 is 6.24. The van der Waals surface area contributed by atoms with E-state index in [1.807, 2.05) is 6.92 Å². The van der Waals surface area contributed by atoms with Crippen LogP contribution in [0, 0.1) is 5.82 Å². The Morgan fingerprint density at radius 2 is 1.97 bits per heavy atom. The maximum atomic E-state index is 14.5. The zero-order chi connectivity index (χ0) is 21.2. The quantitative estimate of drug-likeness (QED) is 0.730. The van der Waals surface area contributed by atoms with E-state index in [1.165, 1.54) is 17.1 Å². The zero-order valence-corrected chi connectivity index (χ0v) is 17.6. The minimum absolute atomic E-state index is 0.206. The van der Waals surface area contributed by atoms with Crippen LogP contribution in [0.2, 0.25) is 5.02 Å². The first-order valence-electron chi connectivity index (χ1n) is 9.11. The van der Waals surface area contributed by atoms with Gasteiger partial charge < -0.3 is 0 Å². The number of halogens is 2. The lowest BCUT2D eigenvalue weighted by molar-refractivity contribution is -0.133. The van der Waals surface area contributed by atoms with Crippen LogP contribution in [0.25, 0.3) is 0 Å². The number of carbonyl (C=O) groups is 1. The van der Waals surface area contributed by atoms with E-state index in [-0.39, 0.29) is 22.9 Å². The predicted molar refractivity (Wildman–Crippen MR) is 112 cm³/mol. The number of benzene rings is 2. The molecule has 1 heterocycles. The average molecular weight is 438 g/mol. The molecule has 1 N–H and O–H groups in total. The Balaban J connectivity index is 1.94. The monoisotopic (exact) mass is 437 g/mol. The average Bonchev–Trinajstić information content (AvgIpc) is 3.06. The fourth-order valence-electron chi connectivity index (χ4n) is 3.24. The summed E-state index contributed by atoms with van der Waals surface area (Å²) in [7, 11) is -3.38. The molecule has 1 aliphatic heterocycles. The molecule has 2 aromatic carbocycles. The highest BCUT2D eigenvalue weighted by Crippen LogP contribution is 2.38. The number of hydrogen-bond donors (Lipinski definition) is 1. The molecule has 0 aliphatic carbocycles. The van der Waals surface area contributed by atoms with Crippen molar-refractivity contribution in [2.24, 2.45) is 5.10 Å². The van der Waals surface area contributed by atoms with Gasteiger partial charge in [-0.25, -0.2) is 17.8 Å². The smallest absolute Gasteiger partial charge is 0.243 e. The van der Waals surface area contributed by atoms with Crippen LogP contribution < -0.4 is 4.72 Å². The number of hydrazone groups is 1. The molecule has 0 saturated heterocycles. The maximum Gasteiger partial charge on any atom is 0.243 e. The molecule has 0 saturated carbocycles. The van der Waals surface area contributed by atoms with E-state index in [4.69, 9.17) is 11.6 Å². The van der Waals surface area contributed by atoms with Crippen molar-refractivity contribution in [1.29, 1.82) is 0 Å². The van der Waals surface area contributed by atoms with Crippen molar-refractivity contribution in [2.45, 2.75) is 32.2 Å².